The lowest BCUT2D eigenvalue weighted by atomic mass is 9.86. The molecule has 1 saturated carbocycles. The van der Waals surface area contributed by atoms with Crippen molar-refractivity contribution >= 4 is 23.6 Å². The number of benzene rings is 1. The average Bonchev–Trinajstić information content (AvgIpc) is 3.38. The Morgan fingerprint density at radius 2 is 2.06 bits per heavy atom. The number of nitrogen functional groups attached to an aromatic ring is 1. The Morgan fingerprint density at radius 1 is 1.28 bits per heavy atom. The van der Waals surface area contributed by atoms with Crippen LogP contribution in [0.15, 0.2) is 30.6 Å². The summed E-state index contributed by atoms with van der Waals surface area (Å²) in [6, 6.07) is 7.34. The zero-order valence-electron chi connectivity index (χ0n) is 19.1. The van der Waals surface area contributed by atoms with Crippen LogP contribution in [0.3, 0.4) is 0 Å². The van der Waals surface area contributed by atoms with Crippen molar-refractivity contribution < 1.29 is 9.53 Å². The van der Waals surface area contributed by atoms with E-state index in [0.717, 1.165) is 63.3 Å². The highest BCUT2D eigenvalue weighted by Crippen LogP contribution is 2.40. The number of hydrogen-bond acceptors (Lipinski definition) is 7. The number of carbonyl (C=O) groups is 1. The molecule has 32 heavy (non-hydrogen) atoms. The van der Waals surface area contributed by atoms with E-state index in [-0.39, 0.29) is 16.7 Å². The normalized spacial score (nSPS) is 21.3. The summed E-state index contributed by atoms with van der Waals surface area (Å²) in [5.41, 5.74) is 8.14. The quantitative estimate of drug-likeness (QED) is 0.355. The molecular weight excluding hydrogens is 404 g/mol. The predicted molar refractivity (Wildman–Crippen MR) is 125 cm³/mol. The third-order valence-corrected chi connectivity index (χ3v) is 6.65. The fourth-order valence-electron chi connectivity index (χ4n) is 4.10. The van der Waals surface area contributed by atoms with Gasteiger partial charge in [0.2, 0.25) is 6.41 Å². The number of aromatic nitrogens is 2. The molecule has 1 aliphatic carbocycles. The Bertz CT molecular complexity index is 1020. The number of nitrogens with one attached hydrogen (secondary N) is 1. The molecule has 1 atom stereocenters. The second-order valence-corrected chi connectivity index (χ2v) is 9.76. The molecule has 1 saturated heterocycles. The largest absolute Gasteiger partial charge is 0.488 e. The summed E-state index contributed by atoms with van der Waals surface area (Å²) in [6.07, 6.45) is 6.43. The van der Waals surface area contributed by atoms with Gasteiger partial charge in [0.15, 0.2) is 0 Å². The van der Waals surface area contributed by atoms with Crippen LogP contribution in [0.25, 0.3) is 0 Å². The topological polar surface area (TPSA) is 108 Å². The highest BCUT2D eigenvalue weighted by atomic mass is 16.5. The van der Waals surface area contributed by atoms with Crippen LogP contribution in [0, 0.1) is 10.8 Å². The molecule has 2 aromatic rings. The summed E-state index contributed by atoms with van der Waals surface area (Å²) in [7, 11) is 1.81. The molecular formula is C24H32N6O2. The number of rotatable bonds is 9. The van der Waals surface area contributed by atoms with E-state index in [2.05, 4.69) is 28.7 Å². The van der Waals surface area contributed by atoms with E-state index < -0.39 is 0 Å². The van der Waals surface area contributed by atoms with Gasteiger partial charge in [0.1, 0.15) is 23.5 Å². The lowest BCUT2D eigenvalue weighted by molar-refractivity contribution is -0.117. The van der Waals surface area contributed by atoms with Crippen LogP contribution in [0.2, 0.25) is 0 Å². The molecule has 0 spiro atoms. The minimum Gasteiger partial charge on any atom is -0.488 e. The Balaban J connectivity index is 1.49. The minimum atomic E-state index is -0.0966. The SMILES string of the molecule is CN(C=O)CCC1(C)CCN(c2cc(C(=N)c3cc(OC4(C)CC4)ccc3N)ncn2)C1. The maximum absolute atomic E-state index is 10.9. The van der Waals surface area contributed by atoms with Crippen LogP contribution in [-0.4, -0.2) is 59.3 Å². The summed E-state index contributed by atoms with van der Waals surface area (Å²) in [5, 5.41) is 8.75. The molecule has 2 fully saturated rings. The molecule has 2 heterocycles. The molecule has 2 aliphatic rings. The number of nitrogens with two attached hydrogens (primary N) is 1. The third-order valence-electron chi connectivity index (χ3n) is 6.65. The second kappa shape index (κ2) is 8.41. The molecule has 0 bridgehead atoms. The Morgan fingerprint density at radius 3 is 2.78 bits per heavy atom. The number of anilines is 2. The van der Waals surface area contributed by atoms with Crippen molar-refractivity contribution in [3.8, 4) is 5.75 Å². The number of hydrogen-bond donors (Lipinski definition) is 2. The minimum absolute atomic E-state index is 0.0966. The molecule has 1 aromatic carbocycles. The molecule has 1 aromatic heterocycles. The zero-order valence-corrected chi connectivity index (χ0v) is 19.1. The Hall–Kier alpha value is -3.16. The lowest BCUT2D eigenvalue weighted by Crippen LogP contribution is -2.29. The van der Waals surface area contributed by atoms with Crippen molar-refractivity contribution in [1.29, 1.82) is 5.41 Å². The average molecular weight is 437 g/mol. The van der Waals surface area contributed by atoms with Gasteiger partial charge in [0.25, 0.3) is 0 Å². The van der Waals surface area contributed by atoms with Crippen molar-refractivity contribution in [2.45, 2.75) is 45.1 Å². The zero-order chi connectivity index (χ0) is 22.9. The van der Waals surface area contributed by atoms with Crippen LogP contribution in [0.4, 0.5) is 11.5 Å². The fourth-order valence-corrected chi connectivity index (χ4v) is 4.10. The summed E-state index contributed by atoms with van der Waals surface area (Å²) >= 11 is 0. The molecule has 8 nitrogen and oxygen atoms in total. The monoisotopic (exact) mass is 436 g/mol. The van der Waals surface area contributed by atoms with Gasteiger partial charge < -0.3 is 20.3 Å². The van der Waals surface area contributed by atoms with Gasteiger partial charge in [-0.05, 0) is 56.2 Å². The molecule has 1 aliphatic heterocycles. The van der Waals surface area contributed by atoms with Gasteiger partial charge in [-0.1, -0.05) is 6.92 Å². The van der Waals surface area contributed by atoms with E-state index in [4.69, 9.17) is 15.9 Å². The van der Waals surface area contributed by atoms with Gasteiger partial charge in [-0.2, -0.15) is 0 Å². The Labute approximate surface area is 189 Å². The van der Waals surface area contributed by atoms with Crippen LogP contribution in [-0.2, 0) is 4.79 Å². The molecule has 8 heteroatoms. The smallest absolute Gasteiger partial charge is 0.209 e. The fraction of sp³-hybridized carbons (Fsp3) is 0.500. The second-order valence-electron chi connectivity index (χ2n) is 9.76. The van der Waals surface area contributed by atoms with Crippen molar-refractivity contribution in [1.82, 2.24) is 14.9 Å². The molecule has 3 N–H and O–H groups in total. The Kier molecular flexibility index (Phi) is 5.79. The van der Waals surface area contributed by atoms with Crippen LogP contribution in [0.1, 0.15) is 50.8 Å². The predicted octanol–water partition coefficient (Wildman–Crippen LogP) is 3.10. The first-order valence-corrected chi connectivity index (χ1v) is 11.1. The van der Waals surface area contributed by atoms with Crippen LogP contribution >= 0.6 is 0 Å². The summed E-state index contributed by atoms with van der Waals surface area (Å²) in [5.74, 6) is 1.53. The van der Waals surface area contributed by atoms with E-state index >= 15 is 0 Å². The van der Waals surface area contributed by atoms with E-state index in [1.54, 1.807) is 11.0 Å². The third kappa shape index (κ3) is 4.84. The van der Waals surface area contributed by atoms with Gasteiger partial charge in [-0.25, -0.2) is 9.97 Å². The van der Waals surface area contributed by atoms with E-state index in [0.29, 0.717) is 16.9 Å². The van der Waals surface area contributed by atoms with Crippen molar-refractivity contribution in [3.05, 3.63) is 41.9 Å². The van der Waals surface area contributed by atoms with Gasteiger partial charge in [-0.15, -0.1) is 0 Å². The first-order chi connectivity index (χ1) is 15.2. The number of nitrogens with zero attached hydrogens (tertiary/aromatic N) is 4. The number of ether oxygens (including phenoxy) is 1. The summed E-state index contributed by atoms with van der Waals surface area (Å²) < 4.78 is 6.05. The highest BCUT2D eigenvalue weighted by Gasteiger charge is 2.40. The van der Waals surface area contributed by atoms with Crippen molar-refractivity contribution in [2.75, 3.05) is 37.3 Å². The molecule has 1 amide bonds. The first-order valence-electron chi connectivity index (χ1n) is 11.1. The lowest BCUT2D eigenvalue weighted by Gasteiger charge is -2.26. The van der Waals surface area contributed by atoms with E-state index in [1.807, 2.05) is 25.2 Å². The molecule has 1 unspecified atom stereocenters. The van der Waals surface area contributed by atoms with Gasteiger partial charge in [0.05, 0.1) is 11.4 Å². The maximum atomic E-state index is 10.9. The van der Waals surface area contributed by atoms with Crippen LogP contribution < -0.4 is 15.4 Å². The molecule has 0 radical (unpaired) electrons. The molecule has 4 rings (SSSR count). The maximum Gasteiger partial charge on any atom is 0.209 e. The number of amides is 1. The van der Waals surface area contributed by atoms with E-state index in [1.165, 1.54) is 6.33 Å². The summed E-state index contributed by atoms with van der Waals surface area (Å²) in [6.45, 7) is 6.82. The number of carbonyl (C=O) groups excluding carboxylic acids is 1. The van der Waals surface area contributed by atoms with Gasteiger partial charge >= 0.3 is 0 Å². The van der Waals surface area contributed by atoms with Gasteiger partial charge in [-0.3, -0.25) is 10.2 Å². The molecule has 170 valence electrons. The van der Waals surface area contributed by atoms with Crippen molar-refractivity contribution in [2.24, 2.45) is 5.41 Å². The van der Waals surface area contributed by atoms with Gasteiger partial charge in [0, 0.05) is 44.0 Å². The van der Waals surface area contributed by atoms with Crippen LogP contribution in [0.5, 0.6) is 5.75 Å². The standard InChI is InChI=1S/C24H32N6O2/c1-23(8-10-29(3)16-31)9-11-30(14-23)21-13-20(27-15-28-21)22(26)18-12-17(4-5-19(18)25)32-24(2)6-7-24/h4-5,12-13,15-16,26H,6-11,14,25H2,1-3H3. The highest BCUT2D eigenvalue weighted by molar-refractivity contribution is 6.13. The first kappa shape index (κ1) is 22.0. The van der Waals surface area contributed by atoms with Crippen molar-refractivity contribution in [3.63, 3.8) is 0 Å². The summed E-state index contributed by atoms with van der Waals surface area (Å²) in [4.78, 5) is 23.6. The van der Waals surface area contributed by atoms with E-state index in [9.17, 15) is 4.79 Å².